The zero-order valence-corrected chi connectivity index (χ0v) is 8.64. The van der Waals surface area contributed by atoms with Crippen molar-refractivity contribution in [3.8, 4) is 0 Å². The van der Waals surface area contributed by atoms with Crippen LogP contribution in [0.15, 0.2) is 18.2 Å². The lowest BCUT2D eigenvalue weighted by atomic mass is 9.87. The fourth-order valence-corrected chi connectivity index (χ4v) is 2.59. The molecule has 0 heteroatoms. The van der Waals surface area contributed by atoms with Crippen molar-refractivity contribution < 1.29 is 0 Å². The largest absolute Gasteiger partial charge is 0.0724 e. The SMILES string of the molecule is C[C]1C=Cc2cc3c(cc21)CCCC3. The molecule has 0 aromatic heterocycles. The Morgan fingerprint density at radius 1 is 0.929 bits per heavy atom. The topological polar surface area (TPSA) is 0 Å². The first kappa shape index (κ1) is 8.28. The highest BCUT2D eigenvalue weighted by Gasteiger charge is 2.17. The van der Waals surface area contributed by atoms with Crippen LogP contribution in [0.2, 0.25) is 0 Å². The van der Waals surface area contributed by atoms with Crippen LogP contribution < -0.4 is 0 Å². The van der Waals surface area contributed by atoms with E-state index in [-0.39, 0.29) is 0 Å². The Kier molecular flexibility index (Phi) is 1.76. The van der Waals surface area contributed by atoms with Gasteiger partial charge in [-0.1, -0.05) is 31.2 Å². The van der Waals surface area contributed by atoms with E-state index in [0.29, 0.717) is 0 Å². The molecule has 0 bridgehead atoms. The minimum Gasteiger partial charge on any atom is -0.0724 e. The van der Waals surface area contributed by atoms with E-state index in [2.05, 4.69) is 31.2 Å². The molecule has 0 fully saturated rings. The standard InChI is InChI=1S/C14H15/c1-10-6-7-13-8-11-4-2-3-5-12(11)9-14(10)13/h6-9H,2-5H2,1H3. The molecule has 0 N–H and O–H groups in total. The Hall–Kier alpha value is -1.04. The summed E-state index contributed by atoms with van der Waals surface area (Å²) in [5.74, 6) is 1.42. The van der Waals surface area contributed by atoms with Crippen molar-refractivity contribution in [3.63, 3.8) is 0 Å². The molecule has 0 spiro atoms. The Balaban J connectivity index is 2.14. The van der Waals surface area contributed by atoms with Gasteiger partial charge in [-0.15, -0.1) is 0 Å². The minimum atomic E-state index is 1.29. The van der Waals surface area contributed by atoms with Crippen LogP contribution in [0.3, 0.4) is 0 Å². The van der Waals surface area contributed by atoms with Crippen LogP contribution in [0.4, 0.5) is 0 Å². The molecular formula is C14H15. The van der Waals surface area contributed by atoms with E-state index in [0.717, 1.165) is 0 Å². The Morgan fingerprint density at radius 3 is 2.43 bits per heavy atom. The summed E-state index contributed by atoms with van der Waals surface area (Å²) in [5, 5.41) is 0. The Morgan fingerprint density at radius 2 is 1.64 bits per heavy atom. The van der Waals surface area contributed by atoms with Gasteiger partial charge in [-0.3, -0.25) is 0 Å². The van der Waals surface area contributed by atoms with E-state index in [9.17, 15) is 0 Å². The van der Waals surface area contributed by atoms with Crippen molar-refractivity contribution in [1.29, 1.82) is 0 Å². The molecule has 0 aliphatic heterocycles. The maximum atomic E-state index is 2.42. The molecule has 0 saturated carbocycles. The van der Waals surface area contributed by atoms with Gasteiger partial charge in [-0.25, -0.2) is 0 Å². The fraction of sp³-hybridized carbons (Fsp3) is 0.357. The van der Waals surface area contributed by atoms with Crippen molar-refractivity contribution in [2.24, 2.45) is 0 Å². The van der Waals surface area contributed by atoms with Gasteiger partial charge in [0.05, 0.1) is 0 Å². The third kappa shape index (κ3) is 1.13. The van der Waals surface area contributed by atoms with E-state index < -0.39 is 0 Å². The molecule has 0 unspecified atom stereocenters. The predicted molar refractivity (Wildman–Crippen MR) is 60.1 cm³/mol. The van der Waals surface area contributed by atoms with Gasteiger partial charge >= 0.3 is 0 Å². The number of hydrogen-bond acceptors (Lipinski definition) is 0. The van der Waals surface area contributed by atoms with E-state index in [1.807, 2.05) is 0 Å². The van der Waals surface area contributed by atoms with Crippen molar-refractivity contribution in [2.45, 2.75) is 32.6 Å². The maximum Gasteiger partial charge on any atom is 0.0242 e. The van der Waals surface area contributed by atoms with Crippen LogP contribution in [0, 0.1) is 5.92 Å². The van der Waals surface area contributed by atoms with Gasteiger partial charge in [0.25, 0.3) is 0 Å². The molecule has 1 aromatic carbocycles. The summed E-state index contributed by atoms with van der Waals surface area (Å²) in [6.07, 6.45) is 9.80. The highest BCUT2D eigenvalue weighted by Crippen LogP contribution is 2.33. The normalized spacial score (nSPS) is 19.5. The Labute approximate surface area is 85.6 Å². The molecule has 14 heavy (non-hydrogen) atoms. The van der Waals surface area contributed by atoms with Crippen LogP contribution in [0.25, 0.3) is 6.08 Å². The molecule has 0 saturated heterocycles. The van der Waals surface area contributed by atoms with Crippen LogP contribution in [0.1, 0.15) is 42.0 Å². The molecule has 2 aliphatic rings. The van der Waals surface area contributed by atoms with Gasteiger partial charge in [-0.2, -0.15) is 0 Å². The van der Waals surface area contributed by atoms with E-state index in [4.69, 9.17) is 0 Å². The van der Waals surface area contributed by atoms with Gasteiger partial charge in [0.2, 0.25) is 0 Å². The summed E-state index contributed by atoms with van der Waals surface area (Å²) >= 11 is 0. The molecule has 0 amide bonds. The van der Waals surface area contributed by atoms with Gasteiger partial charge in [0.15, 0.2) is 0 Å². The average Bonchev–Trinajstić information content (AvgIpc) is 2.57. The van der Waals surface area contributed by atoms with Gasteiger partial charge in [0, 0.05) is 5.92 Å². The van der Waals surface area contributed by atoms with Crippen LogP contribution in [-0.4, -0.2) is 0 Å². The first-order valence-corrected chi connectivity index (χ1v) is 5.52. The van der Waals surface area contributed by atoms with Gasteiger partial charge < -0.3 is 0 Å². The fourth-order valence-electron chi connectivity index (χ4n) is 2.59. The lowest BCUT2D eigenvalue weighted by Crippen LogP contribution is -2.04. The number of hydrogen-bond donors (Lipinski definition) is 0. The van der Waals surface area contributed by atoms with Crippen LogP contribution in [-0.2, 0) is 12.8 Å². The van der Waals surface area contributed by atoms with Gasteiger partial charge in [-0.05, 0) is 47.9 Å². The zero-order chi connectivity index (χ0) is 9.54. The molecule has 71 valence electrons. The number of fused-ring (bicyclic) bond motifs is 2. The molecule has 0 atom stereocenters. The predicted octanol–water partition coefficient (Wildman–Crippen LogP) is 3.53. The smallest absolute Gasteiger partial charge is 0.0242 e. The number of allylic oxidation sites excluding steroid dienone is 1. The minimum absolute atomic E-state index is 1.29. The molecular weight excluding hydrogens is 168 g/mol. The lowest BCUT2D eigenvalue weighted by molar-refractivity contribution is 0.685. The molecule has 3 rings (SSSR count). The monoisotopic (exact) mass is 183 g/mol. The van der Waals surface area contributed by atoms with E-state index in [1.54, 1.807) is 11.1 Å². The second-order valence-corrected chi connectivity index (χ2v) is 4.43. The Bertz CT molecular complexity index is 399. The van der Waals surface area contributed by atoms with Crippen LogP contribution in [0.5, 0.6) is 0 Å². The molecule has 2 aliphatic carbocycles. The third-order valence-corrected chi connectivity index (χ3v) is 3.45. The van der Waals surface area contributed by atoms with Crippen molar-refractivity contribution in [3.05, 3.63) is 46.4 Å². The summed E-state index contributed by atoms with van der Waals surface area (Å²) in [6.45, 7) is 2.21. The maximum absolute atomic E-state index is 2.42. The molecule has 1 radical (unpaired) electrons. The van der Waals surface area contributed by atoms with E-state index >= 15 is 0 Å². The van der Waals surface area contributed by atoms with E-state index in [1.165, 1.54) is 42.7 Å². The zero-order valence-electron chi connectivity index (χ0n) is 8.64. The highest BCUT2D eigenvalue weighted by molar-refractivity contribution is 5.69. The second kappa shape index (κ2) is 2.98. The summed E-state index contributed by atoms with van der Waals surface area (Å²) < 4.78 is 0. The summed E-state index contributed by atoms with van der Waals surface area (Å²) in [4.78, 5) is 0. The summed E-state index contributed by atoms with van der Waals surface area (Å²) in [6, 6.07) is 4.82. The molecule has 0 heterocycles. The molecule has 0 nitrogen and oxygen atoms in total. The number of benzene rings is 1. The third-order valence-electron chi connectivity index (χ3n) is 3.45. The van der Waals surface area contributed by atoms with Crippen molar-refractivity contribution >= 4 is 6.08 Å². The van der Waals surface area contributed by atoms with Crippen LogP contribution >= 0.6 is 0 Å². The first-order valence-electron chi connectivity index (χ1n) is 5.52. The lowest BCUT2D eigenvalue weighted by Gasteiger charge is -2.18. The quantitative estimate of drug-likeness (QED) is 0.577. The second-order valence-electron chi connectivity index (χ2n) is 4.43. The first-order chi connectivity index (χ1) is 6.84. The summed E-state index contributed by atoms with van der Waals surface area (Å²) in [7, 11) is 0. The van der Waals surface area contributed by atoms with Gasteiger partial charge in [0.1, 0.15) is 0 Å². The highest BCUT2D eigenvalue weighted by atomic mass is 14.2. The van der Waals surface area contributed by atoms with Crippen molar-refractivity contribution in [1.82, 2.24) is 0 Å². The van der Waals surface area contributed by atoms with Crippen molar-refractivity contribution in [2.75, 3.05) is 0 Å². The average molecular weight is 183 g/mol. The number of aryl methyl sites for hydroxylation is 2. The number of rotatable bonds is 0. The molecule has 1 aromatic rings. The summed E-state index contributed by atoms with van der Waals surface area (Å²) in [5.41, 5.74) is 6.08.